The third-order valence-corrected chi connectivity index (χ3v) is 6.33. The van der Waals surface area contributed by atoms with Gasteiger partial charge in [0.25, 0.3) is 11.7 Å². The second-order valence-electron chi connectivity index (χ2n) is 9.09. The minimum Gasteiger partial charge on any atom is -0.507 e. The maximum absolute atomic E-state index is 13.2. The number of ether oxygens (including phenoxy) is 1. The van der Waals surface area contributed by atoms with Gasteiger partial charge in [-0.25, -0.2) is 4.98 Å². The summed E-state index contributed by atoms with van der Waals surface area (Å²) in [6.07, 6.45) is 7.57. The summed E-state index contributed by atoms with van der Waals surface area (Å²) in [5.41, 5.74) is 2.49. The third kappa shape index (κ3) is 5.25. The Hall–Kier alpha value is -4.13. The number of aromatic nitrogens is 2. The first-order chi connectivity index (χ1) is 17.4. The van der Waals surface area contributed by atoms with Crippen molar-refractivity contribution in [3.8, 4) is 5.75 Å². The summed E-state index contributed by atoms with van der Waals surface area (Å²) in [6, 6.07) is 14.0. The summed E-state index contributed by atoms with van der Waals surface area (Å²) >= 11 is 0. The van der Waals surface area contributed by atoms with Gasteiger partial charge in [0.15, 0.2) is 0 Å². The number of aliphatic hydroxyl groups is 1. The van der Waals surface area contributed by atoms with Gasteiger partial charge in [-0.05, 0) is 47.7 Å². The standard InChI is InChI=1S/C29H31N3O4/c1-4-18-36-24-12-10-23(11-13-24)27(33)25-26(22-8-6-21(7-9-22)20(2)3)32(29(35)28(25)34)16-5-15-31-17-14-30-19-31/h4,6-14,17,19-20,26,33H,1,5,15-16,18H2,2-3H3/b27-25+. The fourth-order valence-electron chi connectivity index (χ4n) is 4.38. The molecule has 1 saturated heterocycles. The molecule has 2 heterocycles. The van der Waals surface area contributed by atoms with Gasteiger partial charge < -0.3 is 19.3 Å². The Labute approximate surface area is 211 Å². The van der Waals surface area contributed by atoms with Crippen molar-refractivity contribution in [3.63, 3.8) is 0 Å². The van der Waals surface area contributed by atoms with E-state index in [4.69, 9.17) is 4.74 Å². The molecular formula is C29H31N3O4. The van der Waals surface area contributed by atoms with E-state index >= 15 is 0 Å². The van der Waals surface area contributed by atoms with E-state index in [1.54, 1.807) is 47.8 Å². The van der Waals surface area contributed by atoms with Crippen molar-refractivity contribution in [2.24, 2.45) is 0 Å². The molecule has 0 bridgehead atoms. The lowest BCUT2D eigenvalue weighted by atomic mass is 9.93. The number of nitrogens with zero attached hydrogens (tertiary/aromatic N) is 3. The van der Waals surface area contributed by atoms with E-state index in [0.717, 1.165) is 11.1 Å². The Bertz CT molecular complexity index is 1240. The highest BCUT2D eigenvalue weighted by atomic mass is 16.5. The highest BCUT2D eigenvalue weighted by Gasteiger charge is 2.45. The number of carbonyl (C=O) groups is 2. The van der Waals surface area contributed by atoms with E-state index in [0.29, 0.717) is 43.3 Å². The highest BCUT2D eigenvalue weighted by Crippen LogP contribution is 2.40. The van der Waals surface area contributed by atoms with Gasteiger partial charge >= 0.3 is 0 Å². The van der Waals surface area contributed by atoms with E-state index in [2.05, 4.69) is 25.4 Å². The van der Waals surface area contributed by atoms with E-state index in [1.165, 1.54) is 0 Å². The van der Waals surface area contributed by atoms with Crippen LogP contribution in [-0.4, -0.2) is 44.4 Å². The van der Waals surface area contributed by atoms with Crippen LogP contribution in [0, 0.1) is 0 Å². The summed E-state index contributed by atoms with van der Waals surface area (Å²) in [6.45, 7) is 9.24. The van der Waals surface area contributed by atoms with Crippen molar-refractivity contribution in [2.45, 2.75) is 38.8 Å². The molecule has 7 heteroatoms. The highest BCUT2D eigenvalue weighted by molar-refractivity contribution is 6.46. The largest absolute Gasteiger partial charge is 0.507 e. The topological polar surface area (TPSA) is 84.7 Å². The average molecular weight is 486 g/mol. The van der Waals surface area contributed by atoms with Crippen LogP contribution in [-0.2, 0) is 16.1 Å². The molecule has 1 atom stereocenters. The Morgan fingerprint density at radius 1 is 1.11 bits per heavy atom. The number of amides is 1. The smallest absolute Gasteiger partial charge is 0.295 e. The Balaban J connectivity index is 1.70. The van der Waals surface area contributed by atoms with Crippen molar-refractivity contribution >= 4 is 17.4 Å². The van der Waals surface area contributed by atoms with Gasteiger partial charge in [0.1, 0.15) is 18.1 Å². The molecule has 1 N–H and O–H groups in total. The van der Waals surface area contributed by atoms with Crippen LogP contribution < -0.4 is 4.74 Å². The van der Waals surface area contributed by atoms with Gasteiger partial charge in [-0.1, -0.05) is 50.8 Å². The Kier molecular flexibility index (Phi) is 7.68. The Morgan fingerprint density at radius 2 is 1.83 bits per heavy atom. The lowest BCUT2D eigenvalue weighted by molar-refractivity contribution is -0.139. The van der Waals surface area contributed by atoms with Crippen molar-refractivity contribution in [1.29, 1.82) is 0 Å². The molecule has 3 aromatic rings. The number of benzene rings is 2. The van der Waals surface area contributed by atoms with Gasteiger partial charge in [0.05, 0.1) is 17.9 Å². The van der Waals surface area contributed by atoms with Crippen molar-refractivity contribution in [3.05, 3.63) is 102 Å². The third-order valence-electron chi connectivity index (χ3n) is 6.33. The zero-order valence-corrected chi connectivity index (χ0v) is 20.6. The molecule has 0 radical (unpaired) electrons. The van der Waals surface area contributed by atoms with Gasteiger partial charge in [0, 0.05) is 31.0 Å². The zero-order chi connectivity index (χ0) is 25.7. The second-order valence-corrected chi connectivity index (χ2v) is 9.09. The number of ketones is 1. The number of imidazole rings is 1. The molecule has 36 heavy (non-hydrogen) atoms. The first-order valence-corrected chi connectivity index (χ1v) is 12.1. The van der Waals surface area contributed by atoms with Gasteiger partial charge in [-0.15, -0.1) is 0 Å². The molecule has 0 spiro atoms. The van der Waals surface area contributed by atoms with E-state index in [-0.39, 0.29) is 11.3 Å². The first-order valence-electron chi connectivity index (χ1n) is 12.1. The molecule has 2 aromatic carbocycles. The number of likely N-dealkylation sites (tertiary alicyclic amines) is 1. The maximum Gasteiger partial charge on any atom is 0.295 e. The van der Waals surface area contributed by atoms with Gasteiger partial charge in [-0.3, -0.25) is 9.59 Å². The first kappa shape index (κ1) is 25.0. The molecule has 1 amide bonds. The summed E-state index contributed by atoms with van der Waals surface area (Å²) in [7, 11) is 0. The molecule has 4 rings (SSSR count). The summed E-state index contributed by atoms with van der Waals surface area (Å²) in [5, 5.41) is 11.3. The van der Waals surface area contributed by atoms with Crippen LogP contribution in [0.3, 0.4) is 0 Å². The van der Waals surface area contributed by atoms with Crippen LogP contribution in [0.4, 0.5) is 0 Å². The van der Waals surface area contributed by atoms with Crippen LogP contribution in [0.15, 0.2) is 85.5 Å². The van der Waals surface area contributed by atoms with Crippen LogP contribution >= 0.6 is 0 Å². The minimum absolute atomic E-state index is 0.0969. The fourth-order valence-corrected chi connectivity index (χ4v) is 4.38. The number of aryl methyl sites for hydroxylation is 1. The molecule has 1 aromatic heterocycles. The van der Waals surface area contributed by atoms with E-state index in [9.17, 15) is 14.7 Å². The van der Waals surface area contributed by atoms with Crippen molar-refractivity contribution < 1.29 is 19.4 Å². The van der Waals surface area contributed by atoms with Gasteiger partial charge in [-0.2, -0.15) is 0 Å². The number of rotatable bonds is 10. The van der Waals surface area contributed by atoms with Crippen LogP contribution in [0.1, 0.15) is 48.9 Å². The monoisotopic (exact) mass is 485 g/mol. The molecule has 7 nitrogen and oxygen atoms in total. The second kappa shape index (κ2) is 11.1. The van der Waals surface area contributed by atoms with Crippen LogP contribution in [0.2, 0.25) is 0 Å². The van der Waals surface area contributed by atoms with Crippen molar-refractivity contribution in [2.75, 3.05) is 13.2 Å². The maximum atomic E-state index is 13.2. The quantitative estimate of drug-likeness (QED) is 0.187. The lowest BCUT2D eigenvalue weighted by Crippen LogP contribution is -2.31. The molecule has 0 aliphatic carbocycles. The van der Waals surface area contributed by atoms with Gasteiger partial charge in [0.2, 0.25) is 0 Å². The predicted octanol–water partition coefficient (Wildman–Crippen LogP) is 5.08. The summed E-state index contributed by atoms with van der Waals surface area (Å²) < 4.78 is 7.44. The van der Waals surface area contributed by atoms with E-state index < -0.39 is 17.7 Å². The normalized spacial score (nSPS) is 17.1. The lowest BCUT2D eigenvalue weighted by Gasteiger charge is -2.26. The predicted molar refractivity (Wildman–Crippen MR) is 139 cm³/mol. The van der Waals surface area contributed by atoms with Crippen molar-refractivity contribution in [1.82, 2.24) is 14.5 Å². The number of Topliss-reactive ketones (excluding diaryl/α,β-unsaturated/α-hetero) is 1. The molecule has 1 aliphatic heterocycles. The Morgan fingerprint density at radius 3 is 2.44 bits per heavy atom. The molecule has 1 aliphatic rings. The molecular weight excluding hydrogens is 454 g/mol. The molecule has 1 unspecified atom stereocenters. The number of hydrogen-bond donors (Lipinski definition) is 1. The van der Waals surface area contributed by atoms with E-state index in [1.807, 2.05) is 35.0 Å². The molecule has 186 valence electrons. The fraction of sp³-hybridized carbons (Fsp3) is 0.276. The number of hydrogen-bond acceptors (Lipinski definition) is 5. The number of carbonyl (C=O) groups excluding carboxylic acids is 2. The molecule has 1 fully saturated rings. The minimum atomic E-state index is -0.681. The van der Waals surface area contributed by atoms with Crippen LogP contribution in [0.5, 0.6) is 5.75 Å². The SMILES string of the molecule is C=CCOc1ccc(/C(O)=C2\C(=O)C(=O)N(CCCn3ccnc3)C2c2ccc(C(C)C)cc2)cc1. The average Bonchev–Trinajstić information content (AvgIpc) is 3.50. The molecule has 0 saturated carbocycles. The summed E-state index contributed by atoms with van der Waals surface area (Å²) in [4.78, 5) is 32.0. The zero-order valence-electron chi connectivity index (χ0n) is 20.6. The summed E-state index contributed by atoms with van der Waals surface area (Å²) in [5.74, 6) is -0.514. The number of aliphatic hydroxyl groups excluding tert-OH is 1. The van der Waals surface area contributed by atoms with Crippen LogP contribution in [0.25, 0.3) is 5.76 Å².